The van der Waals surface area contributed by atoms with Crippen molar-refractivity contribution in [2.24, 2.45) is 5.92 Å². The number of hydrogen-bond acceptors (Lipinski definition) is 5. The van der Waals surface area contributed by atoms with Gasteiger partial charge in [-0.15, -0.1) is 0 Å². The first kappa shape index (κ1) is 19.1. The van der Waals surface area contributed by atoms with Crippen LogP contribution in [-0.4, -0.2) is 48.4 Å². The lowest BCUT2D eigenvalue weighted by atomic mass is 9.93. The maximum Gasteiger partial charge on any atom is 0.253 e. The van der Waals surface area contributed by atoms with E-state index in [1.807, 2.05) is 36.1 Å². The van der Waals surface area contributed by atoms with Crippen LogP contribution in [0.5, 0.6) is 0 Å². The Morgan fingerprint density at radius 3 is 2.70 bits per heavy atom. The van der Waals surface area contributed by atoms with Gasteiger partial charge in [0.2, 0.25) is 10.0 Å². The van der Waals surface area contributed by atoms with Gasteiger partial charge in [0.25, 0.3) is 5.91 Å². The van der Waals surface area contributed by atoms with Gasteiger partial charge in [-0.1, -0.05) is 12.1 Å². The molecule has 0 unspecified atom stereocenters. The average molecular weight is 426 g/mol. The second-order valence-electron chi connectivity index (χ2n) is 7.92. The quantitative estimate of drug-likeness (QED) is 0.585. The van der Waals surface area contributed by atoms with Gasteiger partial charge in [-0.3, -0.25) is 4.79 Å². The number of benzene rings is 2. The number of anilines is 1. The van der Waals surface area contributed by atoms with Crippen LogP contribution in [0.25, 0.3) is 11.0 Å². The molecule has 0 aliphatic carbocycles. The molecule has 2 aliphatic rings. The van der Waals surface area contributed by atoms with Crippen LogP contribution in [-0.2, 0) is 10.0 Å². The number of aromatic amines is 1. The third kappa shape index (κ3) is 3.33. The molecule has 0 bridgehead atoms. The molecule has 1 amide bonds. The molecule has 3 N–H and O–H groups in total. The fraction of sp³-hybridized carbons (Fsp3) is 0.333. The molecule has 3 aromatic rings. The predicted molar refractivity (Wildman–Crippen MR) is 114 cm³/mol. The minimum Gasteiger partial charge on any atom is -0.368 e. The van der Waals surface area contributed by atoms with Crippen LogP contribution >= 0.6 is 0 Å². The van der Waals surface area contributed by atoms with Crippen molar-refractivity contribution in [2.75, 3.05) is 18.4 Å². The van der Waals surface area contributed by atoms with Crippen molar-refractivity contribution in [3.05, 3.63) is 53.9 Å². The smallest absolute Gasteiger partial charge is 0.253 e. The normalized spacial score (nSPS) is 21.2. The highest BCUT2D eigenvalue weighted by molar-refractivity contribution is 7.89. The minimum absolute atomic E-state index is 0.00914. The first-order valence-electron chi connectivity index (χ1n) is 10.0. The molecule has 2 aromatic carbocycles. The van der Waals surface area contributed by atoms with Crippen molar-refractivity contribution < 1.29 is 13.2 Å². The van der Waals surface area contributed by atoms with E-state index >= 15 is 0 Å². The first-order valence-corrected chi connectivity index (χ1v) is 11.5. The Morgan fingerprint density at radius 1 is 1.13 bits per heavy atom. The summed E-state index contributed by atoms with van der Waals surface area (Å²) >= 11 is 0. The Balaban J connectivity index is 1.27. The standard InChI is InChI=1S/C21H23N5O3S/c1-13-22-16-7-6-15(12-18(16)23-13)21(27)26-10-8-14(9-11-26)20-24-17-4-2-3-5-19(17)30(28,29)25-20/h2-7,12,14,20,24-25H,8-11H2,1H3,(H,22,23)/t20-/m0/s1. The fourth-order valence-corrected chi connectivity index (χ4v) is 5.74. The van der Waals surface area contributed by atoms with Crippen LogP contribution in [0.15, 0.2) is 47.4 Å². The lowest BCUT2D eigenvalue weighted by Crippen LogP contribution is -2.52. The topological polar surface area (TPSA) is 107 Å². The zero-order valence-corrected chi connectivity index (χ0v) is 17.4. The number of sulfonamides is 1. The number of aryl methyl sites for hydroxylation is 1. The molecular weight excluding hydrogens is 402 g/mol. The molecule has 8 nitrogen and oxygen atoms in total. The van der Waals surface area contributed by atoms with Crippen molar-refractivity contribution in [3.63, 3.8) is 0 Å². The van der Waals surface area contributed by atoms with Crippen molar-refractivity contribution in [1.82, 2.24) is 19.6 Å². The molecule has 30 heavy (non-hydrogen) atoms. The second-order valence-corrected chi connectivity index (χ2v) is 9.61. The minimum atomic E-state index is -3.53. The first-order chi connectivity index (χ1) is 14.4. The van der Waals surface area contributed by atoms with Crippen molar-refractivity contribution in [3.8, 4) is 0 Å². The summed E-state index contributed by atoms with van der Waals surface area (Å²) in [5.41, 5.74) is 2.96. The Bertz CT molecular complexity index is 1230. The number of rotatable bonds is 2. The van der Waals surface area contributed by atoms with E-state index in [1.54, 1.807) is 18.2 Å². The summed E-state index contributed by atoms with van der Waals surface area (Å²) in [5, 5.41) is 3.32. The van der Waals surface area contributed by atoms with Gasteiger partial charge < -0.3 is 15.2 Å². The van der Waals surface area contributed by atoms with Gasteiger partial charge in [0, 0.05) is 18.7 Å². The number of fused-ring (bicyclic) bond motifs is 2. The molecule has 1 atom stereocenters. The monoisotopic (exact) mass is 425 g/mol. The number of carbonyl (C=O) groups is 1. The molecule has 0 saturated carbocycles. The van der Waals surface area contributed by atoms with Gasteiger partial charge >= 0.3 is 0 Å². The molecule has 0 spiro atoms. The summed E-state index contributed by atoms with van der Waals surface area (Å²) in [4.78, 5) is 22.6. The van der Waals surface area contributed by atoms with Crippen molar-refractivity contribution >= 4 is 32.7 Å². The number of hydrogen-bond donors (Lipinski definition) is 3. The maximum atomic E-state index is 13.0. The number of H-pyrrole nitrogens is 1. The summed E-state index contributed by atoms with van der Waals surface area (Å²) in [6.07, 6.45) is 1.07. The van der Waals surface area contributed by atoms with E-state index in [1.165, 1.54) is 0 Å². The van der Waals surface area contributed by atoms with Crippen LogP contribution in [0.2, 0.25) is 0 Å². The van der Waals surface area contributed by atoms with Crippen LogP contribution in [0.3, 0.4) is 0 Å². The van der Waals surface area contributed by atoms with Crippen LogP contribution in [0.4, 0.5) is 5.69 Å². The van der Waals surface area contributed by atoms with E-state index < -0.39 is 10.0 Å². The highest BCUT2D eigenvalue weighted by Gasteiger charge is 2.35. The van der Waals surface area contributed by atoms with Crippen molar-refractivity contribution in [1.29, 1.82) is 0 Å². The summed E-state index contributed by atoms with van der Waals surface area (Å²) in [6.45, 7) is 3.06. The molecule has 9 heteroatoms. The number of nitrogens with one attached hydrogen (secondary N) is 3. The predicted octanol–water partition coefficient (Wildman–Crippen LogP) is 2.45. The van der Waals surface area contributed by atoms with Crippen LogP contribution in [0, 0.1) is 12.8 Å². The second kappa shape index (κ2) is 7.10. The number of amides is 1. The van der Waals surface area contributed by atoms with E-state index in [-0.39, 0.29) is 22.9 Å². The van der Waals surface area contributed by atoms with Crippen LogP contribution < -0.4 is 10.0 Å². The summed E-state index contributed by atoms with van der Waals surface area (Å²) < 4.78 is 27.9. The highest BCUT2D eigenvalue weighted by atomic mass is 32.2. The van der Waals surface area contributed by atoms with E-state index in [0.29, 0.717) is 24.3 Å². The zero-order valence-electron chi connectivity index (χ0n) is 16.6. The lowest BCUT2D eigenvalue weighted by molar-refractivity contribution is 0.0679. The Labute approximate surface area is 174 Å². The molecule has 5 rings (SSSR count). The molecule has 1 fully saturated rings. The Morgan fingerprint density at radius 2 is 1.90 bits per heavy atom. The molecule has 2 aliphatic heterocycles. The zero-order chi connectivity index (χ0) is 20.9. The molecule has 0 radical (unpaired) electrons. The van der Waals surface area contributed by atoms with Gasteiger partial charge in [-0.05, 0) is 56.0 Å². The van der Waals surface area contributed by atoms with Gasteiger partial charge in [0.1, 0.15) is 10.7 Å². The number of aromatic nitrogens is 2. The summed E-state index contributed by atoms with van der Waals surface area (Å²) in [7, 11) is -3.53. The molecule has 1 aromatic heterocycles. The lowest BCUT2D eigenvalue weighted by Gasteiger charge is -2.38. The Kier molecular flexibility index (Phi) is 4.52. The number of imidazole rings is 1. The Hall–Kier alpha value is -2.91. The van der Waals surface area contributed by atoms with Gasteiger partial charge in [0.15, 0.2) is 0 Å². The third-order valence-electron chi connectivity index (χ3n) is 5.92. The average Bonchev–Trinajstić information content (AvgIpc) is 3.12. The van der Waals surface area contributed by atoms with E-state index in [2.05, 4.69) is 20.0 Å². The number of likely N-dealkylation sites (tertiary alicyclic amines) is 1. The van der Waals surface area contributed by atoms with Gasteiger partial charge in [-0.25, -0.2) is 13.4 Å². The number of para-hydroxylation sites is 1. The van der Waals surface area contributed by atoms with E-state index in [9.17, 15) is 13.2 Å². The highest BCUT2D eigenvalue weighted by Crippen LogP contribution is 2.31. The molecule has 3 heterocycles. The molecule has 156 valence electrons. The van der Waals surface area contributed by atoms with Gasteiger partial charge in [0.05, 0.1) is 22.9 Å². The largest absolute Gasteiger partial charge is 0.368 e. The SMILES string of the molecule is Cc1nc2ccc(C(=O)N3CCC([C@H]4Nc5ccccc5S(=O)(=O)N4)CC3)cc2[nH]1. The van der Waals surface area contributed by atoms with E-state index in [0.717, 1.165) is 29.7 Å². The number of carbonyl (C=O) groups excluding carboxylic acids is 1. The van der Waals surface area contributed by atoms with Gasteiger partial charge in [-0.2, -0.15) is 4.72 Å². The molecular formula is C21H23N5O3S. The third-order valence-corrected chi connectivity index (χ3v) is 7.41. The summed E-state index contributed by atoms with van der Waals surface area (Å²) in [5.74, 6) is 0.916. The maximum absolute atomic E-state index is 13.0. The number of nitrogens with zero attached hydrogens (tertiary/aromatic N) is 2. The number of piperidine rings is 1. The van der Waals surface area contributed by atoms with E-state index in [4.69, 9.17) is 0 Å². The summed E-state index contributed by atoms with van der Waals surface area (Å²) in [6, 6.07) is 12.4. The van der Waals surface area contributed by atoms with Crippen molar-refractivity contribution in [2.45, 2.75) is 30.8 Å². The fourth-order valence-electron chi connectivity index (χ4n) is 4.35. The molecule has 1 saturated heterocycles. The van der Waals surface area contributed by atoms with Crippen LogP contribution in [0.1, 0.15) is 29.0 Å².